The van der Waals surface area contributed by atoms with Crippen LogP contribution in [0, 0.1) is 0 Å². The van der Waals surface area contributed by atoms with Gasteiger partial charge in [0.25, 0.3) is 0 Å². The van der Waals surface area contributed by atoms with Crippen molar-refractivity contribution in [3.63, 3.8) is 0 Å². The van der Waals surface area contributed by atoms with E-state index in [9.17, 15) is 4.79 Å². The topological polar surface area (TPSA) is 48.1 Å². The Kier molecular flexibility index (Phi) is 7.45. The number of carbonyl (C=O) groups excluding carboxylic acids is 1. The molecule has 1 unspecified atom stereocenters. The van der Waals surface area contributed by atoms with Crippen LogP contribution in [-0.2, 0) is 16.1 Å². The third-order valence-electron chi connectivity index (χ3n) is 6.16. The number of benzene rings is 2. The van der Waals surface area contributed by atoms with Gasteiger partial charge in [0.05, 0.1) is 19.3 Å². The van der Waals surface area contributed by atoms with E-state index in [2.05, 4.69) is 44.3 Å². The zero-order valence-corrected chi connectivity index (χ0v) is 18.9. The van der Waals surface area contributed by atoms with Crippen molar-refractivity contribution in [3.8, 4) is 0 Å². The van der Waals surface area contributed by atoms with Gasteiger partial charge in [-0.05, 0) is 48.9 Å². The number of nitrogens with zero attached hydrogens (tertiary/aromatic N) is 3. The Hall–Kier alpha value is -2.12. The SMILES string of the molecule is CC(C(=O)Nc1ccc(N2CCOCC2)cc1)N1CCN(Cc2ccc(Cl)cc2)CC1. The molecule has 6 nitrogen and oxygen atoms in total. The lowest BCUT2D eigenvalue weighted by molar-refractivity contribution is -0.121. The third kappa shape index (κ3) is 5.98. The molecule has 0 aromatic heterocycles. The number of anilines is 2. The predicted octanol–water partition coefficient (Wildman–Crippen LogP) is 3.32. The molecule has 2 saturated heterocycles. The summed E-state index contributed by atoms with van der Waals surface area (Å²) in [4.78, 5) is 19.8. The minimum Gasteiger partial charge on any atom is -0.378 e. The fraction of sp³-hybridized carbons (Fsp3) is 0.458. The highest BCUT2D eigenvalue weighted by molar-refractivity contribution is 6.30. The smallest absolute Gasteiger partial charge is 0.241 e. The van der Waals surface area contributed by atoms with Crippen molar-refractivity contribution < 1.29 is 9.53 Å². The highest BCUT2D eigenvalue weighted by Crippen LogP contribution is 2.20. The molecule has 2 aliphatic heterocycles. The number of hydrogen-bond acceptors (Lipinski definition) is 5. The Morgan fingerprint density at radius 2 is 1.61 bits per heavy atom. The molecule has 1 N–H and O–H groups in total. The summed E-state index contributed by atoms with van der Waals surface area (Å²) in [6.07, 6.45) is 0. The first-order valence-corrected chi connectivity index (χ1v) is 11.4. The summed E-state index contributed by atoms with van der Waals surface area (Å²) in [5, 5.41) is 3.84. The standard InChI is InChI=1S/C24H31ClN4O2/c1-19(28-12-10-27(11-13-28)18-20-2-4-21(25)5-3-20)24(30)26-22-6-8-23(9-7-22)29-14-16-31-17-15-29/h2-9,19H,10-18H2,1H3,(H,26,30). The molecule has 1 atom stereocenters. The van der Waals surface area contributed by atoms with Crippen molar-refractivity contribution >= 4 is 28.9 Å². The number of nitrogens with one attached hydrogen (secondary N) is 1. The van der Waals surface area contributed by atoms with Crippen LogP contribution in [0.25, 0.3) is 0 Å². The molecule has 2 aliphatic rings. The van der Waals surface area contributed by atoms with E-state index in [0.29, 0.717) is 0 Å². The van der Waals surface area contributed by atoms with Gasteiger partial charge in [0, 0.05) is 62.2 Å². The second-order valence-electron chi connectivity index (χ2n) is 8.25. The maximum atomic E-state index is 12.8. The van der Waals surface area contributed by atoms with Crippen LogP contribution < -0.4 is 10.2 Å². The number of rotatable bonds is 6. The van der Waals surface area contributed by atoms with E-state index in [-0.39, 0.29) is 11.9 Å². The van der Waals surface area contributed by atoms with Crippen LogP contribution in [0.15, 0.2) is 48.5 Å². The number of halogens is 1. The van der Waals surface area contributed by atoms with Crippen molar-refractivity contribution in [3.05, 3.63) is 59.1 Å². The summed E-state index contributed by atoms with van der Waals surface area (Å²) >= 11 is 5.97. The van der Waals surface area contributed by atoms with Crippen molar-refractivity contribution in [2.75, 3.05) is 62.7 Å². The van der Waals surface area contributed by atoms with Crippen LogP contribution in [0.2, 0.25) is 5.02 Å². The number of carbonyl (C=O) groups is 1. The van der Waals surface area contributed by atoms with E-state index in [1.807, 2.05) is 31.2 Å². The Bertz CT molecular complexity index is 845. The third-order valence-corrected chi connectivity index (χ3v) is 6.42. The monoisotopic (exact) mass is 442 g/mol. The largest absolute Gasteiger partial charge is 0.378 e. The molecule has 31 heavy (non-hydrogen) atoms. The molecule has 2 heterocycles. The van der Waals surface area contributed by atoms with Crippen molar-refractivity contribution in [1.82, 2.24) is 9.80 Å². The number of morpholine rings is 1. The number of amides is 1. The Labute approximate surface area is 189 Å². The highest BCUT2D eigenvalue weighted by atomic mass is 35.5. The predicted molar refractivity (Wildman–Crippen MR) is 126 cm³/mol. The molecule has 2 aromatic carbocycles. The van der Waals surface area contributed by atoms with Crippen molar-refractivity contribution in [1.29, 1.82) is 0 Å². The fourth-order valence-corrected chi connectivity index (χ4v) is 4.27. The molecule has 4 rings (SSSR count). The van der Waals surface area contributed by atoms with Gasteiger partial charge in [0.1, 0.15) is 0 Å². The van der Waals surface area contributed by atoms with Gasteiger partial charge in [-0.2, -0.15) is 0 Å². The van der Waals surface area contributed by atoms with Crippen LogP contribution in [0.1, 0.15) is 12.5 Å². The summed E-state index contributed by atoms with van der Waals surface area (Å²) < 4.78 is 5.41. The Balaban J connectivity index is 1.24. The van der Waals surface area contributed by atoms with E-state index in [1.54, 1.807) is 0 Å². The van der Waals surface area contributed by atoms with Crippen LogP contribution >= 0.6 is 11.6 Å². The van der Waals surface area contributed by atoms with Crippen LogP contribution in [0.3, 0.4) is 0 Å². The van der Waals surface area contributed by atoms with Gasteiger partial charge in [-0.15, -0.1) is 0 Å². The zero-order valence-electron chi connectivity index (χ0n) is 18.1. The first-order valence-electron chi connectivity index (χ1n) is 11.0. The Morgan fingerprint density at radius 1 is 0.968 bits per heavy atom. The van der Waals surface area contributed by atoms with E-state index in [1.165, 1.54) is 11.3 Å². The van der Waals surface area contributed by atoms with Gasteiger partial charge >= 0.3 is 0 Å². The first-order chi connectivity index (χ1) is 15.1. The molecule has 2 fully saturated rings. The number of hydrogen-bond donors (Lipinski definition) is 1. The minimum absolute atomic E-state index is 0.0465. The van der Waals surface area contributed by atoms with Crippen LogP contribution in [0.5, 0.6) is 0 Å². The fourth-order valence-electron chi connectivity index (χ4n) is 4.15. The normalized spacial score (nSPS) is 19.2. The molecule has 1 amide bonds. The van der Waals surface area contributed by atoms with Gasteiger partial charge in [0.2, 0.25) is 5.91 Å². The van der Waals surface area contributed by atoms with Crippen LogP contribution in [0.4, 0.5) is 11.4 Å². The second-order valence-corrected chi connectivity index (χ2v) is 8.69. The van der Waals surface area contributed by atoms with Gasteiger partial charge < -0.3 is 15.0 Å². The van der Waals surface area contributed by atoms with E-state index < -0.39 is 0 Å². The maximum Gasteiger partial charge on any atom is 0.241 e. The molecular weight excluding hydrogens is 412 g/mol. The molecule has 0 saturated carbocycles. The Morgan fingerprint density at radius 3 is 2.26 bits per heavy atom. The average Bonchev–Trinajstić information content (AvgIpc) is 2.82. The zero-order chi connectivity index (χ0) is 21.6. The molecule has 7 heteroatoms. The van der Waals surface area contributed by atoms with Crippen molar-refractivity contribution in [2.45, 2.75) is 19.5 Å². The van der Waals surface area contributed by atoms with Gasteiger partial charge in [-0.25, -0.2) is 0 Å². The summed E-state index contributed by atoms with van der Waals surface area (Å²) in [5.74, 6) is 0.0465. The maximum absolute atomic E-state index is 12.8. The lowest BCUT2D eigenvalue weighted by atomic mass is 10.1. The summed E-state index contributed by atoms with van der Waals surface area (Å²) in [5.41, 5.74) is 3.28. The summed E-state index contributed by atoms with van der Waals surface area (Å²) in [6, 6.07) is 16.0. The van der Waals surface area contributed by atoms with E-state index in [0.717, 1.165) is 69.7 Å². The van der Waals surface area contributed by atoms with Gasteiger partial charge in [0.15, 0.2) is 0 Å². The summed E-state index contributed by atoms with van der Waals surface area (Å²) in [6.45, 7) is 9.94. The lowest BCUT2D eigenvalue weighted by Gasteiger charge is -2.37. The summed E-state index contributed by atoms with van der Waals surface area (Å²) in [7, 11) is 0. The van der Waals surface area contributed by atoms with Crippen LogP contribution in [-0.4, -0.2) is 74.2 Å². The first kappa shape index (κ1) is 22.1. The molecule has 0 bridgehead atoms. The highest BCUT2D eigenvalue weighted by Gasteiger charge is 2.25. The minimum atomic E-state index is -0.156. The number of ether oxygens (including phenoxy) is 1. The van der Waals surface area contributed by atoms with Gasteiger partial charge in [-0.3, -0.25) is 14.6 Å². The second kappa shape index (κ2) is 10.5. The molecule has 0 radical (unpaired) electrons. The van der Waals surface area contributed by atoms with Gasteiger partial charge in [-0.1, -0.05) is 23.7 Å². The average molecular weight is 443 g/mol. The molecule has 0 spiro atoms. The molecule has 0 aliphatic carbocycles. The molecule has 2 aromatic rings. The molecule has 166 valence electrons. The van der Waals surface area contributed by atoms with Crippen molar-refractivity contribution in [2.24, 2.45) is 0 Å². The van der Waals surface area contributed by atoms with E-state index in [4.69, 9.17) is 16.3 Å². The number of piperazine rings is 1. The van der Waals surface area contributed by atoms with E-state index >= 15 is 0 Å². The lowest BCUT2D eigenvalue weighted by Crippen LogP contribution is -2.52. The quantitative estimate of drug-likeness (QED) is 0.743. The molecular formula is C24H31ClN4O2.